The van der Waals surface area contributed by atoms with Crippen molar-refractivity contribution < 1.29 is 9.59 Å². The standard InChI is InChI=1S/C34H34N4O2/c1-2-21-35-34(40)32(27-13-7-4-8-14-27)38-24-22-37(23-25-38)29-19-17-28(18-20-29)36-33(39)31-16-10-9-15-30(31)26-11-5-3-6-12-26/h2-20,32H,1,21-25H2,(H,35,40)(H,36,39). The van der Waals surface area contributed by atoms with Gasteiger partial charge >= 0.3 is 0 Å². The van der Waals surface area contributed by atoms with Crippen LogP contribution < -0.4 is 15.5 Å². The number of amides is 2. The number of rotatable bonds is 9. The van der Waals surface area contributed by atoms with E-state index >= 15 is 0 Å². The summed E-state index contributed by atoms with van der Waals surface area (Å²) >= 11 is 0. The number of nitrogens with one attached hydrogen (secondary N) is 2. The summed E-state index contributed by atoms with van der Waals surface area (Å²) in [7, 11) is 0. The van der Waals surface area contributed by atoms with Crippen molar-refractivity contribution >= 4 is 23.2 Å². The van der Waals surface area contributed by atoms with Gasteiger partial charge < -0.3 is 15.5 Å². The van der Waals surface area contributed by atoms with Gasteiger partial charge in [-0.2, -0.15) is 0 Å². The Morgan fingerprint density at radius 2 is 1.40 bits per heavy atom. The van der Waals surface area contributed by atoms with E-state index in [9.17, 15) is 9.59 Å². The Morgan fingerprint density at radius 3 is 2.08 bits per heavy atom. The van der Waals surface area contributed by atoms with Gasteiger partial charge in [0.05, 0.1) is 0 Å². The molecule has 0 aromatic heterocycles. The molecule has 0 aliphatic carbocycles. The fourth-order valence-electron chi connectivity index (χ4n) is 5.18. The minimum Gasteiger partial charge on any atom is -0.369 e. The summed E-state index contributed by atoms with van der Waals surface area (Å²) in [5.41, 5.74) is 5.39. The molecule has 1 unspecified atom stereocenters. The molecule has 2 N–H and O–H groups in total. The zero-order valence-corrected chi connectivity index (χ0v) is 22.5. The Kier molecular flexibility index (Phi) is 8.69. The SMILES string of the molecule is C=CCNC(=O)C(c1ccccc1)N1CCN(c2ccc(NC(=O)c3ccccc3-c3ccccc3)cc2)CC1. The van der Waals surface area contributed by atoms with E-state index in [0.29, 0.717) is 12.1 Å². The highest BCUT2D eigenvalue weighted by Crippen LogP contribution is 2.27. The van der Waals surface area contributed by atoms with Crippen LogP contribution in [-0.4, -0.2) is 49.4 Å². The number of hydrogen-bond donors (Lipinski definition) is 2. The fraction of sp³-hybridized carbons (Fsp3) is 0.176. The molecule has 1 heterocycles. The van der Waals surface area contributed by atoms with Crippen LogP contribution in [0.25, 0.3) is 11.1 Å². The predicted octanol–water partition coefficient (Wildman–Crippen LogP) is 5.77. The maximum absolute atomic E-state index is 13.2. The largest absolute Gasteiger partial charge is 0.369 e. The molecule has 4 aromatic rings. The number of benzene rings is 4. The number of hydrogen-bond acceptors (Lipinski definition) is 4. The van der Waals surface area contributed by atoms with Gasteiger partial charge in [0.2, 0.25) is 5.91 Å². The summed E-state index contributed by atoms with van der Waals surface area (Å²) in [5, 5.41) is 6.02. The molecule has 1 aliphatic heterocycles. The first-order valence-electron chi connectivity index (χ1n) is 13.6. The van der Waals surface area contributed by atoms with E-state index in [-0.39, 0.29) is 17.9 Å². The van der Waals surface area contributed by atoms with E-state index in [0.717, 1.165) is 54.2 Å². The van der Waals surface area contributed by atoms with Gasteiger partial charge in [-0.15, -0.1) is 6.58 Å². The highest BCUT2D eigenvalue weighted by atomic mass is 16.2. The molecule has 1 aliphatic rings. The van der Waals surface area contributed by atoms with Crippen molar-refractivity contribution in [3.8, 4) is 11.1 Å². The first kappa shape index (κ1) is 26.9. The predicted molar refractivity (Wildman–Crippen MR) is 162 cm³/mol. The van der Waals surface area contributed by atoms with Gasteiger partial charge in [-0.25, -0.2) is 0 Å². The molecule has 4 aromatic carbocycles. The summed E-state index contributed by atoms with van der Waals surface area (Å²) < 4.78 is 0. The van der Waals surface area contributed by atoms with E-state index in [4.69, 9.17) is 0 Å². The molecule has 1 fully saturated rings. The minimum absolute atomic E-state index is 0.00603. The second-order valence-electron chi connectivity index (χ2n) is 9.78. The smallest absolute Gasteiger partial charge is 0.256 e. The molecule has 6 heteroatoms. The minimum atomic E-state index is -0.334. The summed E-state index contributed by atoms with van der Waals surface area (Å²) in [6, 6.07) is 35.2. The van der Waals surface area contributed by atoms with E-state index in [1.165, 1.54) is 0 Å². The molecule has 1 atom stereocenters. The third kappa shape index (κ3) is 6.30. The summed E-state index contributed by atoms with van der Waals surface area (Å²) in [5.74, 6) is -0.143. The maximum Gasteiger partial charge on any atom is 0.256 e. The lowest BCUT2D eigenvalue weighted by Gasteiger charge is -2.39. The average Bonchev–Trinajstić information content (AvgIpc) is 3.02. The van der Waals surface area contributed by atoms with Crippen molar-refractivity contribution in [3.63, 3.8) is 0 Å². The molecule has 0 saturated carbocycles. The van der Waals surface area contributed by atoms with E-state index in [1.54, 1.807) is 6.08 Å². The monoisotopic (exact) mass is 530 g/mol. The van der Waals surface area contributed by atoms with Crippen LogP contribution in [0.1, 0.15) is 22.0 Å². The number of anilines is 2. The van der Waals surface area contributed by atoms with Gasteiger partial charge in [-0.3, -0.25) is 14.5 Å². The second kappa shape index (κ2) is 12.9. The van der Waals surface area contributed by atoms with Crippen LogP contribution in [0, 0.1) is 0 Å². The zero-order valence-electron chi connectivity index (χ0n) is 22.5. The number of carbonyl (C=O) groups is 2. The summed E-state index contributed by atoms with van der Waals surface area (Å²) in [4.78, 5) is 30.8. The molecule has 40 heavy (non-hydrogen) atoms. The van der Waals surface area contributed by atoms with Crippen molar-refractivity contribution in [2.45, 2.75) is 6.04 Å². The van der Waals surface area contributed by atoms with E-state index < -0.39 is 0 Å². The van der Waals surface area contributed by atoms with Crippen LogP contribution in [0.15, 0.2) is 122 Å². The quantitative estimate of drug-likeness (QED) is 0.270. The van der Waals surface area contributed by atoms with Crippen LogP contribution in [0.3, 0.4) is 0 Å². The van der Waals surface area contributed by atoms with Crippen molar-refractivity contribution in [1.82, 2.24) is 10.2 Å². The highest BCUT2D eigenvalue weighted by molar-refractivity contribution is 6.08. The molecular formula is C34H34N4O2. The molecule has 0 spiro atoms. The van der Waals surface area contributed by atoms with Gasteiger partial charge in [0.1, 0.15) is 6.04 Å². The summed E-state index contributed by atoms with van der Waals surface area (Å²) in [6.07, 6.45) is 1.70. The Bertz CT molecular complexity index is 1430. The van der Waals surface area contributed by atoms with Crippen molar-refractivity contribution in [2.24, 2.45) is 0 Å². The van der Waals surface area contributed by atoms with Crippen molar-refractivity contribution in [1.29, 1.82) is 0 Å². The van der Waals surface area contributed by atoms with Crippen LogP contribution >= 0.6 is 0 Å². The third-order valence-electron chi connectivity index (χ3n) is 7.21. The average molecular weight is 531 g/mol. The molecule has 5 rings (SSSR count). The first-order chi connectivity index (χ1) is 19.6. The highest BCUT2D eigenvalue weighted by Gasteiger charge is 2.30. The zero-order chi connectivity index (χ0) is 27.7. The molecule has 2 amide bonds. The lowest BCUT2D eigenvalue weighted by atomic mass is 9.99. The van der Waals surface area contributed by atoms with Crippen LogP contribution in [0.4, 0.5) is 11.4 Å². The Hall–Kier alpha value is -4.68. The Morgan fingerprint density at radius 1 is 0.775 bits per heavy atom. The van der Waals surface area contributed by atoms with Gasteiger partial charge in [0.25, 0.3) is 5.91 Å². The van der Waals surface area contributed by atoms with Crippen LogP contribution in [0.2, 0.25) is 0 Å². The molecule has 202 valence electrons. The van der Waals surface area contributed by atoms with Crippen LogP contribution in [-0.2, 0) is 4.79 Å². The topological polar surface area (TPSA) is 64.7 Å². The Balaban J connectivity index is 1.22. The van der Waals surface area contributed by atoms with Gasteiger partial charge in [-0.1, -0.05) is 84.9 Å². The van der Waals surface area contributed by atoms with Gasteiger partial charge in [0, 0.05) is 49.7 Å². The van der Waals surface area contributed by atoms with Crippen LogP contribution in [0.5, 0.6) is 0 Å². The number of piperazine rings is 1. The van der Waals surface area contributed by atoms with E-state index in [2.05, 4.69) is 27.0 Å². The summed E-state index contributed by atoms with van der Waals surface area (Å²) in [6.45, 7) is 7.28. The molecule has 6 nitrogen and oxygen atoms in total. The number of nitrogens with zero attached hydrogens (tertiary/aromatic N) is 2. The second-order valence-corrected chi connectivity index (χ2v) is 9.78. The lowest BCUT2D eigenvalue weighted by molar-refractivity contribution is -0.126. The molecule has 0 bridgehead atoms. The maximum atomic E-state index is 13.2. The molecule has 0 radical (unpaired) electrons. The van der Waals surface area contributed by atoms with Crippen molar-refractivity contribution in [2.75, 3.05) is 42.9 Å². The van der Waals surface area contributed by atoms with Gasteiger partial charge in [0.15, 0.2) is 0 Å². The third-order valence-corrected chi connectivity index (χ3v) is 7.21. The van der Waals surface area contributed by atoms with Crippen molar-refractivity contribution in [3.05, 3.63) is 133 Å². The lowest BCUT2D eigenvalue weighted by Crippen LogP contribution is -2.51. The molecular weight excluding hydrogens is 496 g/mol. The Labute approximate surface area is 235 Å². The fourth-order valence-corrected chi connectivity index (χ4v) is 5.18. The number of carbonyl (C=O) groups excluding carboxylic acids is 2. The molecule has 1 saturated heterocycles. The van der Waals surface area contributed by atoms with Gasteiger partial charge in [-0.05, 0) is 47.0 Å². The normalized spacial score (nSPS) is 14.2. The van der Waals surface area contributed by atoms with E-state index in [1.807, 2.05) is 109 Å². The first-order valence-corrected chi connectivity index (χ1v) is 13.6.